The van der Waals surface area contributed by atoms with Crippen LogP contribution in [0.25, 0.3) is 0 Å². The predicted octanol–water partition coefficient (Wildman–Crippen LogP) is 3.75. The lowest BCUT2D eigenvalue weighted by Gasteiger charge is -2.07. The number of hydrogen-bond acceptors (Lipinski definition) is 3. The molecule has 0 saturated carbocycles. The van der Waals surface area contributed by atoms with Crippen LogP contribution in [0.4, 0.5) is 0 Å². The Morgan fingerprint density at radius 3 is 2.65 bits per heavy atom. The fourth-order valence-corrected chi connectivity index (χ4v) is 1.80. The second-order valence-corrected chi connectivity index (χ2v) is 4.71. The van der Waals surface area contributed by atoms with Gasteiger partial charge in [-0.1, -0.05) is 32.3 Å². The summed E-state index contributed by atoms with van der Waals surface area (Å²) in [4.78, 5) is 10.8. The van der Waals surface area contributed by atoms with Crippen molar-refractivity contribution in [3.63, 3.8) is 0 Å². The van der Waals surface area contributed by atoms with E-state index in [0.29, 0.717) is 19.0 Å². The summed E-state index contributed by atoms with van der Waals surface area (Å²) in [5, 5.41) is 8.86. The molecule has 0 aliphatic heterocycles. The molecule has 112 valence electrons. The van der Waals surface area contributed by atoms with E-state index in [1.54, 1.807) is 18.2 Å². The van der Waals surface area contributed by atoms with E-state index >= 15 is 0 Å². The Morgan fingerprint density at radius 2 is 1.90 bits per heavy atom. The van der Waals surface area contributed by atoms with Crippen molar-refractivity contribution in [2.24, 2.45) is 0 Å². The molecule has 0 unspecified atom stereocenters. The molecule has 0 spiro atoms. The van der Waals surface area contributed by atoms with Crippen LogP contribution in [-0.4, -0.2) is 30.9 Å². The van der Waals surface area contributed by atoms with Crippen molar-refractivity contribution in [1.29, 1.82) is 0 Å². The minimum Gasteiger partial charge on any atom is -0.493 e. The SMILES string of the molecule is CCCCCCOCCCOc1cccc(C(=O)O)c1. The molecule has 20 heavy (non-hydrogen) atoms. The molecule has 0 aliphatic rings. The minimum atomic E-state index is -0.939. The van der Waals surface area contributed by atoms with E-state index in [4.69, 9.17) is 14.6 Å². The number of aromatic carboxylic acids is 1. The molecule has 0 saturated heterocycles. The maximum atomic E-state index is 10.8. The molecule has 0 bridgehead atoms. The number of rotatable bonds is 11. The van der Waals surface area contributed by atoms with Crippen LogP contribution in [-0.2, 0) is 4.74 Å². The fourth-order valence-electron chi connectivity index (χ4n) is 1.80. The highest BCUT2D eigenvalue weighted by Crippen LogP contribution is 2.13. The fraction of sp³-hybridized carbons (Fsp3) is 0.562. The van der Waals surface area contributed by atoms with Gasteiger partial charge in [0.25, 0.3) is 0 Å². The van der Waals surface area contributed by atoms with E-state index in [-0.39, 0.29) is 5.56 Å². The molecular weight excluding hydrogens is 256 g/mol. The highest BCUT2D eigenvalue weighted by molar-refractivity contribution is 5.87. The Morgan fingerprint density at radius 1 is 1.10 bits per heavy atom. The monoisotopic (exact) mass is 280 g/mol. The van der Waals surface area contributed by atoms with Crippen LogP contribution in [0, 0.1) is 0 Å². The van der Waals surface area contributed by atoms with E-state index in [1.807, 2.05) is 0 Å². The van der Waals surface area contributed by atoms with Gasteiger partial charge in [-0.3, -0.25) is 0 Å². The van der Waals surface area contributed by atoms with Gasteiger partial charge in [-0.25, -0.2) is 4.79 Å². The average molecular weight is 280 g/mol. The zero-order valence-corrected chi connectivity index (χ0v) is 12.1. The first-order chi connectivity index (χ1) is 9.74. The first kappa shape index (κ1) is 16.5. The number of benzene rings is 1. The van der Waals surface area contributed by atoms with Crippen LogP contribution < -0.4 is 4.74 Å². The zero-order valence-electron chi connectivity index (χ0n) is 12.1. The summed E-state index contributed by atoms with van der Waals surface area (Å²) in [5.41, 5.74) is 0.245. The molecule has 0 fully saturated rings. The lowest BCUT2D eigenvalue weighted by molar-refractivity contribution is 0.0696. The van der Waals surface area contributed by atoms with Crippen LogP contribution >= 0.6 is 0 Å². The van der Waals surface area contributed by atoms with Crippen LogP contribution in [0.3, 0.4) is 0 Å². The van der Waals surface area contributed by atoms with Crippen LogP contribution in [0.1, 0.15) is 49.4 Å². The van der Waals surface area contributed by atoms with Crippen molar-refractivity contribution in [3.8, 4) is 5.75 Å². The number of hydrogen-bond donors (Lipinski definition) is 1. The van der Waals surface area contributed by atoms with Crippen molar-refractivity contribution in [3.05, 3.63) is 29.8 Å². The summed E-state index contributed by atoms with van der Waals surface area (Å²) in [6.45, 7) is 4.23. The maximum absolute atomic E-state index is 10.8. The molecule has 0 amide bonds. The van der Waals surface area contributed by atoms with E-state index in [0.717, 1.165) is 19.4 Å². The van der Waals surface area contributed by atoms with Crippen molar-refractivity contribution in [1.82, 2.24) is 0 Å². The Kier molecular flexibility index (Phi) is 8.47. The van der Waals surface area contributed by atoms with Crippen molar-refractivity contribution in [2.45, 2.75) is 39.0 Å². The lowest BCUT2D eigenvalue weighted by Crippen LogP contribution is -2.04. The van der Waals surface area contributed by atoms with Gasteiger partial charge in [0.1, 0.15) is 5.75 Å². The summed E-state index contributed by atoms with van der Waals surface area (Å²) in [6, 6.07) is 6.53. The van der Waals surface area contributed by atoms with Gasteiger partial charge in [0.2, 0.25) is 0 Å². The van der Waals surface area contributed by atoms with Gasteiger partial charge in [-0.05, 0) is 24.6 Å². The summed E-state index contributed by atoms with van der Waals surface area (Å²) in [7, 11) is 0. The van der Waals surface area contributed by atoms with Gasteiger partial charge < -0.3 is 14.6 Å². The third-order valence-corrected chi connectivity index (χ3v) is 2.92. The molecule has 1 aromatic rings. The number of carboxylic acids is 1. The molecular formula is C16H24O4. The number of carbonyl (C=O) groups is 1. The first-order valence-electron chi connectivity index (χ1n) is 7.28. The molecule has 0 aromatic heterocycles. The smallest absolute Gasteiger partial charge is 0.335 e. The van der Waals surface area contributed by atoms with Crippen LogP contribution in [0.15, 0.2) is 24.3 Å². The minimum absolute atomic E-state index is 0.245. The molecule has 1 rings (SSSR count). The van der Waals surface area contributed by atoms with Crippen LogP contribution in [0.5, 0.6) is 5.75 Å². The Balaban J connectivity index is 2.06. The Hall–Kier alpha value is -1.55. The van der Waals surface area contributed by atoms with E-state index < -0.39 is 5.97 Å². The summed E-state index contributed by atoms with van der Waals surface area (Å²) in [6.07, 6.45) is 5.67. The van der Waals surface area contributed by atoms with Crippen molar-refractivity contribution in [2.75, 3.05) is 19.8 Å². The normalized spacial score (nSPS) is 10.4. The second-order valence-electron chi connectivity index (χ2n) is 4.71. The molecule has 1 aromatic carbocycles. The van der Waals surface area contributed by atoms with Crippen molar-refractivity contribution >= 4 is 5.97 Å². The predicted molar refractivity (Wildman–Crippen MR) is 78.5 cm³/mol. The summed E-state index contributed by atoms with van der Waals surface area (Å²) >= 11 is 0. The van der Waals surface area contributed by atoms with Gasteiger partial charge in [-0.15, -0.1) is 0 Å². The summed E-state index contributed by atoms with van der Waals surface area (Å²) < 4.78 is 11.0. The highest BCUT2D eigenvalue weighted by Gasteiger charge is 2.03. The Bertz CT molecular complexity index is 390. The molecule has 1 N–H and O–H groups in total. The molecule has 0 aliphatic carbocycles. The molecule has 0 heterocycles. The molecule has 4 heteroatoms. The van der Waals surface area contributed by atoms with E-state index in [9.17, 15) is 4.79 Å². The standard InChI is InChI=1S/C16H24O4/c1-2-3-4-5-10-19-11-7-12-20-15-9-6-8-14(13-15)16(17)18/h6,8-9,13H,2-5,7,10-12H2,1H3,(H,17,18). The molecule has 0 radical (unpaired) electrons. The quantitative estimate of drug-likeness (QED) is 0.627. The van der Waals surface area contributed by atoms with Gasteiger partial charge in [-0.2, -0.15) is 0 Å². The third-order valence-electron chi connectivity index (χ3n) is 2.92. The van der Waals surface area contributed by atoms with E-state index in [1.165, 1.54) is 25.3 Å². The number of unbranched alkanes of at least 4 members (excludes halogenated alkanes) is 3. The van der Waals surface area contributed by atoms with Gasteiger partial charge in [0.05, 0.1) is 12.2 Å². The van der Waals surface area contributed by atoms with Gasteiger partial charge in [0.15, 0.2) is 0 Å². The van der Waals surface area contributed by atoms with Gasteiger partial charge >= 0.3 is 5.97 Å². The number of ether oxygens (including phenoxy) is 2. The first-order valence-corrected chi connectivity index (χ1v) is 7.28. The largest absolute Gasteiger partial charge is 0.493 e. The third kappa shape index (κ3) is 7.14. The topological polar surface area (TPSA) is 55.8 Å². The zero-order chi connectivity index (χ0) is 14.6. The summed E-state index contributed by atoms with van der Waals surface area (Å²) in [5.74, 6) is -0.348. The Labute approximate surface area is 120 Å². The lowest BCUT2D eigenvalue weighted by atomic mass is 10.2. The maximum Gasteiger partial charge on any atom is 0.335 e. The molecule has 4 nitrogen and oxygen atoms in total. The second kappa shape index (κ2) is 10.3. The number of carboxylic acid groups (broad SMARTS) is 1. The average Bonchev–Trinajstić information content (AvgIpc) is 2.46. The van der Waals surface area contributed by atoms with Gasteiger partial charge in [0, 0.05) is 19.6 Å². The van der Waals surface area contributed by atoms with Crippen molar-refractivity contribution < 1.29 is 19.4 Å². The van der Waals surface area contributed by atoms with E-state index in [2.05, 4.69) is 6.92 Å². The van der Waals surface area contributed by atoms with Crippen LogP contribution in [0.2, 0.25) is 0 Å². The highest BCUT2D eigenvalue weighted by atomic mass is 16.5. The molecule has 0 atom stereocenters.